The molecule has 0 unspecified atom stereocenters. The SMILES string of the molecule is CCc1ccc(CC)c(S(=O)(=O)Nc2ccccc2OC)c1. The molecule has 0 aliphatic carbocycles. The Labute approximate surface area is 132 Å². The second kappa shape index (κ2) is 6.83. The predicted molar refractivity (Wildman–Crippen MR) is 89.0 cm³/mol. The fourth-order valence-electron chi connectivity index (χ4n) is 2.29. The van der Waals surface area contributed by atoms with Gasteiger partial charge in [0, 0.05) is 0 Å². The maximum absolute atomic E-state index is 12.8. The van der Waals surface area contributed by atoms with Crippen molar-refractivity contribution in [1.29, 1.82) is 0 Å². The van der Waals surface area contributed by atoms with Crippen molar-refractivity contribution in [3.63, 3.8) is 0 Å². The first-order valence-corrected chi connectivity index (χ1v) is 8.77. The van der Waals surface area contributed by atoms with Gasteiger partial charge in [0.25, 0.3) is 10.0 Å². The van der Waals surface area contributed by atoms with Gasteiger partial charge in [0.1, 0.15) is 5.75 Å². The number of benzene rings is 2. The first-order valence-electron chi connectivity index (χ1n) is 7.29. The van der Waals surface area contributed by atoms with Crippen LogP contribution in [0.15, 0.2) is 47.4 Å². The van der Waals surface area contributed by atoms with Gasteiger partial charge in [-0.3, -0.25) is 4.72 Å². The van der Waals surface area contributed by atoms with E-state index in [1.807, 2.05) is 26.0 Å². The summed E-state index contributed by atoms with van der Waals surface area (Å²) in [6.07, 6.45) is 1.45. The van der Waals surface area contributed by atoms with E-state index in [4.69, 9.17) is 4.74 Å². The van der Waals surface area contributed by atoms with E-state index in [1.54, 1.807) is 30.3 Å². The zero-order chi connectivity index (χ0) is 16.2. The van der Waals surface area contributed by atoms with E-state index in [2.05, 4.69) is 4.72 Å². The molecule has 118 valence electrons. The minimum Gasteiger partial charge on any atom is -0.495 e. The van der Waals surface area contributed by atoms with Gasteiger partial charge in [-0.1, -0.05) is 38.1 Å². The standard InChI is InChI=1S/C17H21NO3S/c1-4-13-10-11-14(5-2)17(12-13)22(19,20)18-15-8-6-7-9-16(15)21-3/h6-12,18H,4-5H2,1-3H3. The van der Waals surface area contributed by atoms with Crippen LogP contribution in [0.25, 0.3) is 0 Å². The largest absolute Gasteiger partial charge is 0.495 e. The molecule has 0 aliphatic heterocycles. The lowest BCUT2D eigenvalue weighted by Gasteiger charge is -2.14. The summed E-state index contributed by atoms with van der Waals surface area (Å²) in [7, 11) is -2.14. The van der Waals surface area contributed by atoms with Crippen molar-refractivity contribution in [1.82, 2.24) is 0 Å². The molecule has 2 aromatic rings. The third-order valence-corrected chi connectivity index (χ3v) is 5.01. The molecule has 0 spiro atoms. The zero-order valence-corrected chi connectivity index (χ0v) is 13.9. The van der Waals surface area contributed by atoms with Crippen molar-refractivity contribution in [3.05, 3.63) is 53.6 Å². The topological polar surface area (TPSA) is 55.4 Å². The number of hydrogen-bond acceptors (Lipinski definition) is 3. The van der Waals surface area contributed by atoms with E-state index < -0.39 is 10.0 Å². The Bertz CT molecular complexity index is 754. The van der Waals surface area contributed by atoms with Crippen LogP contribution in [0.2, 0.25) is 0 Å². The lowest BCUT2D eigenvalue weighted by atomic mass is 10.1. The van der Waals surface area contributed by atoms with E-state index >= 15 is 0 Å². The van der Waals surface area contributed by atoms with Crippen LogP contribution in [-0.2, 0) is 22.9 Å². The first kappa shape index (κ1) is 16.4. The van der Waals surface area contributed by atoms with Crippen molar-refractivity contribution in [2.45, 2.75) is 31.6 Å². The van der Waals surface area contributed by atoms with Crippen molar-refractivity contribution in [3.8, 4) is 5.75 Å². The van der Waals surface area contributed by atoms with Gasteiger partial charge < -0.3 is 4.74 Å². The summed E-state index contributed by atoms with van der Waals surface area (Å²) in [6.45, 7) is 3.95. The minimum atomic E-state index is -3.65. The van der Waals surface area contributed by atoms with Gasteiger partial charge in [-0.15, -0.1) is 0 Å². The van der Waals surface area contributed by atoms with Crippen LogP contribution in [0.3, 0.4) is 0 Å². The Kier molecular flexibility index (Phi) is 5.08. The number of rotatable bonds is 6. The van der Waals surface area contributed by atoms with Gasteiger partial charge in [-0.05, 0) is 42.2 Å². The average Bonchev–Trinajstić information content (AvgIpc) is 2.54. The monoisotopic (exact) mass is 319 g/mol. The lowest BCUT2D eigenvalue weighted by molar-refractivity contribution is 0.417. The number of aryl methyl sites for hydroxylation is 2. The molecule has 0 atom stereocenters. The minimum absolute atomic E-state index is 0.334. The molecule has 0 saturated heterocycles. The third kappa shape index (κ3) is 3.42. The number of hydrogen-bond donors (Lipinski definition) is 1. The Morgan fingerprint density at radius 2 is 1.77 bits per heavy atom. The van der Waals surface area contributed by atoms with Crippen LogP contribution in [0.5, 0.6) is 5.75 Å². The molecule has 0 heterocycles. The normalized spacial score (nSPS) is 11.2. The molecular formula is C17H21NO3S. The van der Waals surface area contributed by atoms with Crippen molar-refractivity contribution < 1.29 is 13.2 Å². The maximum atomic E-state index is 12.8. The Hall–Kier alpha value is -2.01. The first-order chi connectivity index (χ1) is 10.5. The van der Waals surface area contributed by atoms with Crippen molar-refractivity contribution >= 4 is 15.7 Å². The molecule has 0 bridgehead atoms. The second-order valence-corrected chi connectivity index (χ2v) is 6.61. The van der Waals surface area contributed by atoms with Gasteiger partial charge in [0.2, 0.25) is 0 Å². The van der Waals surface area contributed by atoms with Crippen LogP contribution in [0, 0.1) is 0 Å². The predicted octanol–water partition coefficient (Wildman–Crippen LogP) is 3.62. The maximum Gasteiger partial charge on any atom is 0.262 e. The van der Waals surface area contributed by atoms with E-state index in [9.17, 15) is 8.42 Å². The number of para-hydroxylation sites is 2. The van der Waals surface area contributed by atoms with Crippen LogP contribution in [0.1, 0.15) is 25.0 Å². The number of anilines is 1. The van der Waals surface area contributed by atoms with Crippen LogP contribution in [-0.4, -0.2) is 15.5 Å². The molecule has 0 radical (unpaired) electrons. The molecule has 5 heteroatoms. The van der Waals surface area contributed by atoms with E-state index in [1.165, 1.54) is 7.11 Å². The number of nitrogens with one attached hydrogen (secondary N) is 1. The van der Waals surface area contributed by atoms with E-state index in [-0.39, 0.29) is 0 Å². The Morgan fingerprint density at radius 1 is 1.05 bits per heavy atom. The Morgan fingerprint density at radius 3 is 2.41 bits per heavy atom. The molecule has 0 saturated carbocycles. The summed E-state index contributed by atoms with van der Waals surface area (Å²) in [5, 5.41) is 0. The number of ether oxygens (including phenoxy) is 1. The average molecular weight is 319 g/mol. The van der Waals surface area contributed by atoms with Crippen LogP contribution < -0.4 is 9.46 Å². The van der Waals surface area contributed by atoms with Crippen LogP contribution >= 0.6 is 0 Å². The van der Waals surface area contributed by atoms with Gasteiger partial charge in [-0.25, -0.2) is 8.42 Å². The highest BCUT2D eigenvalue weighted by Gasteiger charge is 2.20. The smallest absolute Gasteiger partial charge is 0.262 e. The zero-order valence-electron chi connectivity index (χ0n) is 13.1. The lowest BCUT2D eigenvalue weighted by Crippen LogP contribution is -2.16. The molecule has 22 heavy (non-hydrogen) atoms. The van der Waals surface area contributed by atoms with Crippen molar-refractivity contribution in [2.24, 2.45) is 0 Å². The van der Waals surface area contributed by atoms with Crippen molar-refractivity contribution in [2.75, 3.05) is 11.8 Å². The fourth-order valence-corrected chi connectivity index (χ4v) is 3.72. The van der Waals surface area contributed by atoms with E-state index in [0.717, 1.165) is 17.5 Å². The van der Waals surface area contributed by atoms with E-state index in [0.29, 0.717) is 22.8 Å². The summed E-state index contributed by atoms with van der Waals surface area (Å²) in [4.78, 5) is 0.334. The summed E-state index contributed by atoms with van der Waals surface area (Å²) in [5.41, 5.74) is 2.24. The number of methoxy groups -OCH3 is 1. The molecular weight excluding hydrogens is 298 g/mol. The quantitative estimate of drug-likeness (QED) is 0.884. The summed E-state index contributed by atoms with van der Waals surface area (Å²) in [5.74, 6) is 0.496. The molecule has 4 nitrogen and oxygen atoms in total. The highest BCUT2D eigenvalue weighted by molar-refractivity contribution is 7.92. The molecule has 0 aliphatic rings. The molecule has 1 N–H and O–H groups in total. The van der Waals surface area contributed by atoms with Gasteiger partial charge in [0.05, 0.1) is 17.7 Å². The molecule has 2 aromatic carbocycles. The van der Waals surface area contributed by atoms with Crippen LogP contribution in [0.4, 0.5) is 5.69 Å². The molecule has 0 fully saturated rings. The van der Waals surface area contributed by atoms with Gasteiger partial charge in [-0.2, -0.15) is 0 Å². The third-order valence-electron chi connectivity index (χ3n) is 3.56. The highest BCUT2D eigenvalue weighted by atomic mass is 32.2. The highest BCUT2D eigenvalue weighted by Crippen LogP contribution is 2.28. The molecule has 0 amide bonds. The fraction of sp³-hybridized carbons (Fsp3) is 0.294. The number of sulfonamides is 1. The summed E-state index contributed by atoms with van der Waals surface area (Å²) >= 11 is 0. The summed E-state index contributed by atoms with van der Waals surface area (Å²) < 4.78 is 33.3. The summed E-state index contributed by atoms with van der Waals surface area (Å²) in [6, 6.07) is 12.6. The second-order valence-electron chi connectivity index (χ2n) is 4.95. The molecule has 2 rings (SSSR count). The molecule has 0 aromatic heterocycles. The van der Waals surface area contributed by atoms with Gasteiger partial charge >= 0.3 is 0 Å². The van der Waals surface area contributed by atoms with Gasteiger partial charge in [0.15, 0.2) is 0 Å². The Balaban J connectivity index is 2.46.